The van der Waals surface area contributed by atoms with Gasteiger partial charge < -0.3 is 5.11 Å². The molecule has 0 aromatic heterocycles. The lowest BCUT2D eigenvalue weighted by molar-refractivity contribution is 0.00653. The molecular formula is C17H24O2S. The monoisotopic (exact) mass is 292 g/mol. The second-order valence-electron chi connectivity index (χ2n) is 6.39. The highest BCUT2D eigenvalue weighted by Gasteiger charge is 2.46. The molecule has 0 saturated carbocycles. The molecule has 20 heavy (non-hydrogen) atoms. The van der Waals surface area contributed by atoms with Gasteiger partial charge in [-0.1, -0.05) is 44.0 Å². The number of aliphatic hydroxyl groups is 1. The lowest BCUT2D eigenvalue weighted by Crippen LogP contribution is -2.47. The summed E-state index contributed by atoms with van der Waals surface area (Å²) in [5, 5.41) is 11.4. The van der Waals surface area contributed by atoms with Crippen molar-refractivity contribution in [3.05, 3.63) is 35.4 Å². The normalized spacial score (nSPS) is 36.8. The molecule has 110 valence electrons. The van der Waals surface area contributed by atoms with Crippen molar-refractivity contribution in [1.29, 1.82) is 0 Å². The van der Waals surface area contributed by atoms with Gasteiger partial charge in [0, 0.05) is 21.3 Å². The molecule has 1 aromatic carbocycles. The van der Waals surface area contributed by atoms with Gasteiger partial charge in [0.1, 0.15) is 0 Å². The number of rotatable bonds is 3. The molecule has 2 fully saturated rings. The third kappa shape index (κ3) is 2.58. The second-order valence-corrected chi connectivity index (χ2v) is 8.38. The first-order valence-electron chi connectivity index (χ1n) is 7.83. The lowest BCUT2D eigenvalue weighted by atomic mass is 9.80. The molecule has 0 spiro atoms. The van der Waals surface area contributed by atoms with E-state index in [4.69, 9.17) is 0 Å². The van der Waals surface area contributed by atoms with Crippen LogP contribution in [0.3, 0.4) is 0 Å². The molecule has 1 aromatic rings. The highest BCUT2D eigenvalue weighted by atomic mass is 32.2. The fourth-order valence-corrected chi connectivity index (χ4v) is 6.01. The Bertz CT molecular complexity index is 478. The van der Waals surface area contributed by atoms with Gasteiger partial charge in [-0.3, -0.25) is 4.21 Å². The van der Waals surface area contributed by atoms with Crippen LogP contribution in [0.5, 0.6) is 0 Å². The average Bonchev–Trinajstić information content (AvgIpc) is 2.42. The molecular weight excluding hydrogens is 268 g/mol. The summed E-state index contributed by atoms with van der Waals surface area (Å²) in [5.74, 6) is 0. The van der Waals surface area contributed by atoms with Crippen LogP contribution in [-0.4, -0.2) is 19.8 Å². The zero-order valence-corrected chi connectivity index (χ0v) is 13.0. The van der Waals surface area contributed by atoms with Crippen molar-refractivity contribution in [2.45, 2.75) is 68.0 Å². The Kier molecular flexibility index (Phi) is 4.00. The van der Waals surface area contributed by atoms with Crippen LogP contribution in [0.4, 0.5) is 0 Å². The van der Waals surface area contributed by atoms with Gasteiger partial charge >= 0.3 is 0 Å². The molecule has 0 amide bonds. The Hall–Kier alpha value is -0.670. The summed E-state index contributed by atoms with van der Waals surface area (Å²) in [6.07, 6.45) is 6.78. The maximum absolute atomic E-state index is 12.3. The van der Waals surface area contributed by atoms with Crippen LogP contribution in [0.15, 0.2) is 24.3 Å². The highest BCUT2D eigenvalue weighted by molar-refractivity contribution is 7.86. The second kappa shape index (κ2) is 5.61. The number of fused-ring (bicyclic) bond motifs is 2. The van der Waals surface area contributed by atoms with Crippen molar-refractivity contribution >= 4 is 10.8 Å². The standard InChI is InChI=1S/C17H24O2S/c1-2-4-13-7-9-14(10-8-13)17(18)11-15-5-3-6-16(12-17)20(15)19/h7-10,15-16,18H,2-6,11-12H2,1H3. The van der Waals surface area contributed by atoms with Crippen molar-refractivity contribution in [2.24, 2.45) is 0 Å². The van der Waals surface area contributed by atoms with Crippen LogP contribution in [0.2, 0.25) is 0 Å². The summed E-state index contributed by atoms with van der Waals surface area (Å²) in [4.78, 5) is 0. The van der Waals surface area contributed by atoms with Crippen molar-refractivity contribution in [3.63, 3.8) is 0 Å². The minimum atomic E-state index is -0.756. The van der Waals surface area contributed by atoms with Gasteiger partial charge in [0.05, 0.1) is 5.60 Å². The van der Waals surface area contributed by atoms with E-state index in [1.807, 2.05) is 0 Å². The van der Waals surface area contributed by atoms with Gasteiger partial charge in [0.25, 0.3) is 0 Å². The zero-order chi connectivity index (χ0) is 14.2. The summed E-state index contributed by atoms with van der Waals surface area (Å²) in [5.41, 5.74) is 1.60. The highest BCUT2D eigenvalue weighted by Crippen LogP contribution is 2.44. The molecule has 2 aliphatic rings. The predicted octanol–water partition coefficient (Wildman–Crippen LogP) is 3.29. The predicted molar refractivity (Wildman–Crippen MR) is 83.1 cm³/mol. The van der Waals surface area contributed by atoms with Crippen molar-refractivity contribution in [3.8, 4) is 0 Å². The molecule has 3 heteroatoms. The Labute approximate surface area is 124 Å². The van der Waals surface area contributed by atoms with E-state index in [1.54, 1.807) is 0 Å². The minimum absolute atomic E-state index is 0.197. The fraction of sp³-hybridized carbons (Fsp3) is 0.647. The van der Waals surface area contributed by atoms with Gasteiger partial charge in [-0.15, -0.1) is 0 Å². The van der Waals surface area contributed by atoms with Crippen molar-refractivity contribution in [1.82, 2.24) is 0 Å². The van der Waals surface area contributed by atoms with E-state index in [0.29, 0.717) is 12.8 Å². The fourth-order valence-electron chi connectivity index (χ4n) is 3.79. The van der Waals surface area contributed by atoms with E-state index in [1.165, 1.54) is 12.0 Å². The molecule has 2 saturated heterocycles. The Morgan fingerprint density at radius 3 is 2.35 bits per heavy atom. The quantitative estimate of drug-likeness (QED) is 0.928. The Balaban J connectivity index is 1.83. The third-order valence-electron chi connectivity index (χ3n) is 4.87. The first-order chi connectivity index (χ1) is 9.62. The first kappa shape index (κ1) is 14.3. The molecule has 0 aliphatic carbocycles. The lowest BCUT2D eigenvalue weighted by Gasteiger charge is -2.43. The maximum Gasteiger partial charge on any atom is 0.0919 e. The molecule has 1 N–H and O–H groups in total. The van der Waals surface area contributed by atoms with Crippen molar-refractivity contribution < 1.29 is 9.32 Å². The summed E-state index contributed by atoms with van der Waals surface area (Å²) >= 11 is 0. The minimum Gasteiger partial charge on any atom is -0.385 e. The molecule has 0 radical (unpaired) electrons. The number of hydrogen-bond acceptors (Lipinski definition) is 2. The van der Waals surface area contributed by atoms with Crippen LogP contribution < -0.4 is 0 Å². The van der Waals surface area contributed by atoms with E-state index < -0.39 is 16.4 Å². The zero-order valence-electron chi connectivity index (χ0n) is 12.2. The maximum atomic E-state index is 12.3. The summed E-state index contributed by atoms with van der Waals surface area (Å²) < 4.78 is 12.3. The van der Waals surface area contributed by atoms with Crippen LogP contribution in [-0.2, 0) is 22.8 Å². The number of benzene rings is 1. The van der Waals surface area contributed by atoms with Gasteiger partial charge in [0.2, 0.25) is 0 Å². The largest absolute Gasteiger partial charge is 0.385 e. The SMILES string of the molecule is CCCc1ccc(C2(O)CC3CCCC(C2)S3=O)cc1. The summed E-state index contributed by atoms with van der Waals surface area (Å²) in [6, 6.07) is 8.43. The Morgan fingerprint density at radius 1 is 1.20 bits per heavy atom. The molecule has 2 unspecified atom stereocenters. The van der Waals surface area contributed by atoms with Crippen LogP contribution >= 0.6 is 0 Å². The van der Waals surface area contributed by atoms with E-state index in [2.05, 4.69) is 31.2 Å². The van der Waals surface area contributed by atoms with Gasteiger partial charge in [-0.2, -0.15) is 0 Å². The smallest absolute Gasteiger partial charge is 0.0919 e. The number of hydrogen-bond donors (Lipinski definition) is 1. The van der Waals surface area contributed by atoms with Crippen LogP contribution in [0.25, 0.3) is 0 Å². The summed E-state index contributed by atoms with van der Waals surface area (Å²) in [6.45, 7) is 2.18. The topological polar surface area (TPSA) is 37.3 Å². The number of aryl methyl sites for hydroxylation is 1. The summed E-state index contributed by atoms with van der Waals surface area (Å²) in [7, 11) is -0.724. The first-order valence-corrected chi connectivity index (χ1v) is 9.11. The Morgan fingerprint density at radius 2 is 1.80 bits per heavy atom. The van der Waals surface area contributed by atoms with Crippen molar-refractivity contribution in [2.75, 3.05) is 0 Å². The van der Waals surface area contributed by atoms with Gasteiger partial charge in [-0.25, -0.2) is 0 Å². The average molecular weight is 292 g/mol. The van der Waals surface area contributed by atoms with Gasteiger partial charge in [0.15, 0.2) is 0 Å². The molecule has 2 heterocycles. The molecule has 2 aliphatic heterocycles. The van der Waals surface area contributed by atoms with E-state index in [0.717, 1.165) is 31.2 Å². The van der Waals surface area contributed by atoms with E-state index >= 15 is 0 Å². The van der Waals surface area contributed by atoms with E-state index in [-0.39, 0.29) is 10.5 Å². The molecule has 2 nitrogen and oxygen atoms in total. The molecule has 2 atom stereocenters. The molecule has 3 rings (SSSR count). The van der Waals surface area contributed by atoms with E-state index in [9.17, 15) is 9.32 Å². The van der Waals surface area contributed by atoms with Crippen LogP contribution in [0.1, 0.15) is 56.6 Å². The molecule has 2 bridgehead atoms. The van der Waals surface area contributed by atoms with Crippen LogP contribution in [0, 0.1) is 0 Å². The third-order valence-corrected chi connectivity index (χ3v) is 6.99. The van der Waals surface area contributed by atoms with Gasteiger partial charge in [-0.05, 0) is 43.2 Å².